The van der Waals surface area contributed by atoms with Gasteiger partial charge in [-0.15, -0.1) is 0 Å². The molecule has 1 unspecified atom stereocenters. The Balaban J connectivity index is 1.51. The van der Waals surface area contributed by atoms with E-state index >= 15 is 4.39 Å². The number of benzene rings is 1. The summed E-state index contributed by atoms with van der Waals surface area (Å²) in [5, 5.41) is 3.35. The molecule has 5 rings (SSSR count). The first-order valence-electron chi connectivity index (χ1n) is 12.5. The monoisotopic (exact) mass is 558 g/mol. The maximum atomic E-state index is 15.6. The maximum Gasteiger partial charge on any atom is 0.415 e. The maximum absolute atomic E-state index is 15.6. The number of anilines is 2. The predicted octanol–water partition coefficient (Wildman–Crippen LogP) is 5.87. The SMILES string of the molecule is Cc1c(-c2cc3cc(NC(=O)OC4CCOC4)ncc3c(Cl)c2F)cnc2c1N(C(=O)OC(C)(C)C)CCO2. The smallest absolute Gasteiger partial charge is 0.415 e. The molecule has 2 amide bonds. The van der Waals surface area contributed by atoms with E-state index < -0.39 is 23.6 Å². The largest absolute Gasteiger partial charge is 0.474 e. The molecule has 0 bridgehead atoms. The van der Waals surface area contributed by atoms with Crippen molar-refractivity contribution >= 4 is 46.1 Å². The van der Waals surface area contributed by atoms with E-state index in [-0.39, 0.29) is 41.5 Å². The Morgan fingerprint density at radius 1 is 1.18 bits per heavy atom. The third kappa shape index (κ3) is 5.55. The van der Waals surface area contributed by atoms with E-state index in [9.17, 15) is 9.59 Å². The number of hydrogen-bond donors (Lipinski definition) is 1. The first-order valence-corrected chi connectivity index (χ1v) is 12.9. The van der Waals surface area contributed by atoms with Gasteiger partial charge in [-0.3, -0.25) is 10.2 Å². The van der Waals surface area contributed by atoms with Crippen molar-refractivity contribution in [3.05, 3.63) is 40.9 Å². The van der Waals surface area contributed by atoms with Crippen LogP contribution in [0.3, 0.4) is 0 Å². The summed E-state index contributed by atoms with van der Waals surface area (Å²) in [7, 11) is 0. The minimum atomic E-state index is -0.705. The van der Waals surface area contributed by atoms with E-state index in [1.807, 2.05) is 0 Å². The fraction of sp³-hybridized carbons (Fsp3) is 0.407. The number of rotatable bonds is 3. The molecule has 0 spiro atoms. The summed E-state index contributed by atoms with van der Waals surface area (Å²) in [5.74, 6) is -0.204. The summed E-state index contributed by atoms with van der Waals surface area (Å²) in [4.78, 5) is 35.3. The molecule has 4 heterocycles. The normalized spacial score (nSPS) is 17.0. The van der Waals surface area contributed by atoms with Gasteiger partial charge in [0.25, 0.3) is 0 Å². The van der Waals surface area contributed by atoms with Crippen LogP contribution in [-0.4, -0.2) is 60.2 Å². The van der Waals surface area contributed by atoms with E-state index in [4.69, 9.17) is 30.5 Å². The van der Waals surface area contributed by atoms with Crippen LogP contribution < -0.4 is 15.0 Å². The number of amides is 2. The first kappa shape index (κ1) is 26.9. The number of halogens is 2. The molecule has 10 nitrogen and oxygen atoms in total. The topological polar surface area (TPSA) is 112 Å². The lowest BCUT2D eigenvalue weighted by atomic mass is 9.97. The minimum Gasteiger partial charge on any atom is -0.474 e. The molecule has 0 radical (unpaired) electrons. The molecular formula is C27H28ClFN4O6. The van der Waals surface area contributed by atoms with Crippen molar-refractivity contribution in [2.24, 2.45) is 0 Å². The summed E-state index contributed by atoms with van der Waals surface area (Å²) in [6.07, 6.45) is 1.96. The summed E-state index contributed by atoms with van der Waals surface area (Å²) in [5.41, 5.74) is 0.844. The highest BCUT2D eigenvalue weighted by Gasteiger charge is 2.32. The van der Waals surface area contributed by atoms with Gasteiger partial charge in [-0.2, -0.15) is 0 Å². The molecule has 2 aliphatic heterocycles. The Morgan fingerprint density at radius 2 is 1.97 bits per heavy atom. The number of aromatic nitrogens is 2. The van der Waals surface area contributed by atoms with Crippen molar-refractivity contribution < 1.29 is 32.9 Å². The summed E-state index contributed by atoms with van der Waals surface area (Å²) in [6.45, 7) is 8.47. The van der Waals surface area contributed by atoms with Crippen LogP contribution in [0.1, 0.15) is 32.8 Å². The molecule has 39 heavy (non-hydrogen) atoms. The Hall–Kier alpha value is -3.70. The van der Waals surface area contributed by atoms with Gasteiger partial charge in [0.15, 0.2) is 0 Å². The quantitative estimate of drug-likeness (QED) is 0.425. The average molecular weight is 559 g/mol. The van der Waals surface area contributed by atoms with Gasteiger partial charge in [0.2, 0.25) is 5.88 Å². The minimum absolute atomic E-state index is 0.135. The molecule has 0 aliphatic carbocycles. The van der Waals surface area contributed by atoms with Crippen LogP contribution in [-0.2, 0) is 14.2 Å². The van der Waals surface area contributed by atoms with Gasteiger partial charge in [0, 0.05) is 35.3 Å². The molecule has 1 saturated heterocycles. The van der Waals surface area contributed by atoms with Crippen molar-refractivity contribution in [2.75, 3.05) is 36.6 Å². The molecule has 1 N–H and O–H groups in total. The fourth-order valence-electron chi connectivity index (χ4n) is 4.49. The third-order valence-electron chi connectivity index (χ3n) is 6.29. The summed E-state index contributed by atoms with van der Waals surface area (Å²) < 4.78 is 37.4. The summed E-state index contributed by atoms with van der Waals surface area (Å²) >= 11 is 6.43. The number of carbonyl (C=O) groups excluding carboxylic acids is 2. The van der Waals surface area contributed by atoms with Gasteiger partial charge < -0.3 is 18.9 Å². The van der Waals surface area contributed by atoms with Crippen molar-refractivity contribution in [3.63, 3.8) is 0 Å². The van der Waals surface area contributed by atoms with E-state index in [1.54, 1.807) is 39.8 Å². The second-order valence-corrected chi connectivity index (χ2v) is 10.7. The molecule has 1 atom stereocenters. The van der Waals surface area contributed by atoms with Crippen LogP contribution in [0.2, 0.25) is 5.02 Å². The van der Waals surface area contributed by atoms with Gasteiger partial charge >= 0.3 is 12.2 Å². The molecule has 3 aromatic rings. The zero-order valence-corrected chi connectivity index (χ0v) is 22.7. The van der Waals surface area contributed by atoms with Crippen molar-refractivity contribution in [1.29, 1.82) is 0 Å². The number of nitrogens with one attached hydrogen (secondary N) is 1. The first-order chi connectivity index (χ1) is 18.5. The lowest BCUT2D eigenvalue weighted by Crippen LogP contribution is -2.42. The molecule has 12 heteroatoms. The number of pyridine rings is 2. The van der Waals surface area contributed by atoms with Crippen LogP contribution >= 0.6 is 11.6 Å². The lowest BCUT2D eigenvalue weighted by Gasteiger charge is -2.32. The van der Waals surface area contributed by atoms with Gasteiger partial charge in [-0.05, 0) is 50.8 Å². The number of carbonyl (C=O) groups is 2. The van der Waals surface area contributed by atoms with Crippen molar-refractivity contribution in [1.82, 2.24) is 9.97 Å². The Morgan fingerprint density at radius 3 is 2.69 bits per heavy atom. The van der Waals surface area contributed by atoms with Gasteiger partial charge in [0.1, 0.15) is 35.6 Å². The molecule has 0 saturated carbocycles. The van der Waals surface area contributed by atoms with E-state index in [0.29, 0.717) is 47.2 Å². The predicted molar refractivity (Wildman–Crippen MR) is 143 cm³/mol. The Bertz CT molecular complexity index is 1450. The van der Waals surface area contributed by atoms with Crippen LogP contribution in [0.5, 0.6) is 5.88 Å². The number of fused-ring (bicyclic) bond motifs is 2. The Labute approximate surface area is 229 Å². The fourth-order valence-corrected chi connectivity index (χ4v) is 4.75. The van der Waals surface area contributed by atoms with Gasteiger partial charge in [-0.25, -0.2) is 23.9 Å². The number of hydrogen-bond acceptors (Lipinski definition) is 8. The molecule has 206 valence electrons. The second-order valence-electron chi connectivity index (χ2n) is 10.3. The van der Waals surface area contributed by atoms with Crippen molar-refractivity contribution in [2.45, 2.75) is 45.8 Å². The van der Waals surface area contributed by atoms with Crippen LogP contribution in [0.25, 0.3) is 21.9 Å². The van der Waals surface area contributed by atoms with Crippen LogP contribution in [0, 0.1) is 12.7 Å². The molecule has 1 fully saturated rings. The average Bonchev–Trinajstić information content (AvgIpc) is 3.38. The molecule has 1 aromatic carbocycles. The molecular weight excluding hydrogens is 531 g/mol. The highest BCUT2D eigenvalue weighted by atomic mass is 35.5. The zero-order chi connectivity index (χ0) is 27.9. The number of ether oxygens (including phenoxy) is 4. The Kier molecular flexibility index (Phi) is 7.21. The lowest BCUT2D eigenvalue weighted by molar-refractivity contribution is 0.0566. The number of nitrogens with zero attached hydrogens (tertiary/aromatic N) is 3. The van der Waals surface area contributed by atoms with E-state index in [1.165, 1.54) is 17.3 Å². The summed E-state index contributed by atoms with van der Waals surface area (Å²) in [6, 6.07) is 3.17. The van der Waals surface area contributed by atoms with Crippen molar-refractivity contribution in [3.8, 4) is 17.0 Å². The molecule has 2 aromatic heterocycles. The highest BCUT2D eigenvalue weighted by molar-refractivity contribution is 6.36. The van der Waals surface area contributed by atoms with E-state index in [2.05, 4.69) is 15.3 Å². The van der Waals surface area contributed by atoms with Crippen LogP contribution in [0.4, 0.5) is 25.5 Å². The van der Waals surface area contributed by atoms with Crippen LogP contribution in [0.15, 0.2) is 24.5 Å². The van der Waals surface area contributed by atoms with Gasteiger partial charge in [0.05, 0.1) is 24.8 Å². The molecule has 2 aliphatic rings. The highest BCUT2D eigenvalue weighted by Crippen LogP contribution is 2.42. The second kappa shape index (κ2) is 10.5. The standard InChI is InChI=1S/C27H28ClFN4O6/c1-14-18(11-31-24-23(14)33(6-8-37-24)26(35)39-27(2,3)4)17-9-15-10-20(30-12-19(15)21(28)22(17)29)32-25(34)38-16-5-7-36-13-16/h9-12,16H,5-8,13H2,1-4H3,(H,30,32,34). The van der Waals surface area contributed by atoms with Gasteiger partial charge in [-0.1, -0.05) is 11.6 Å². The van der Waals surface area contributed by atoms with E-state index in [0.717, 1.165) is 0 Å². The zero-order valence-electron chi connectivity index (χ0n) is 22.0. The third-order valence-corrected chi connectivity index (χ3v) is 6.66.